The summed E-state index contributed by atoms with van der Waals surface area (Å²) >= 11 is 3.71. The molecule has 0 amide bonds. The fourth-order valence-electron chi connectivity index (χ4n) is 4.85. The summed E-state index contributed by atoms with van der Waals surface area (Å²) in [4.78, 5) is 14.2. The van der Waals surface area contributed by atoms with Crippen molar-refractivity contribution >= 4 is 37.9 Å². The molecule has 0 radical (unpaired) electrons. The second-order valence-corrected chi connectivity index (χ2v) is 9.99. The molecule has 0 aliphatic carbocycles. The number of hydrogen-bond donors (Lipinski definition) is 0. The largest absolute Gasteiger partial charge is 0.455 e. The van der Waals surface area contributed by atoms with Gasteiger partial charge in [-0.1, -0.05) is 76.6 Å². The van der Waals surface area contributed by atoms with Crippen LogP contribution in [0.5, 0.6) is 0 Å². The molecule has 0 atom stereocenters. The van der Waals surface area contributed by atoms with Crippen LogP contribution in [0.1, 0.15) is 0 Å². The van der Waals surface area contributed by atoms with Crippen LogP contribution in [0, 0.1) is 0 Å². The minimum absolute atomic E-state index is 0.664. The summed E-state index contributed by atoms with van der Waals surface area (Å²) in [6.45, 7) is 0. The molecule has 0 fully saturated rings. The number of rotatable bonds is 4. The van der Waals surface area contributed by atoms with E-state index in [1.54, 1.807) is 12.4 Å². The van der Waals surface area contributed by atoms with Crippen LogP contribution in [-0.2, 0) is 0 Å². The first-order valence-corrected chi connectivity index (χ1v) is 13.1. The van der Waals surface area contributed by atoms with E-state index in [2.05, 4.69) is 63.4 Å². The molecule has 38 heavy (non-hydrogen) atoms. The van der Waals surface area contributed by atoms with E-state index in [4.69, 9.17) is 14.4 Å². The Kier molecular flexibility index (Phi) is 5.56. The molecule has 180 valence electrons. The third-order valence-electron chi connectivity index (χ3n) is 6.65. The van der Waals surface area contributed by atoms with Gasteiger partial charge >= 0.3 is 0 Å². The van der Waals surface area contributed by atoms with Crippen molar-refractivity contribution in [2.75, 3.05) is 0 Å². The quantitative estimate of drug-likeness (QED) is 0.218. The molecule has 7 aromatic rings. The zero-order chi connectivity index (χ0) is 25.5. The van der Waals surface area contributed by atoms with Crippen LogP contribution in [0.4, 0.5) is 0 Å². The van der Waals surface area contributed by atoms with Crippen LogP contribution in [0.15, 0.2) is 130 Å². The zero-order valence-electron chi connectivity index (χ0n) is 20.2. The Bertz CT molecular complexity index is 1930. The highest BCUT2D eigenvalue weighted by Crippen LogP contribution is 2.37. The van der Waals surface area contributed by atoms with Crippen LogP contribution >= 0.6 is 15.9 Å². The van der Waals surface area contributed by atoms with Crippen molar-refractivity contribution in [3.05, 3.63) is 126 Å². The first-order chi connectivity index (χ1) is 18.7. The second-order valence-electron chi connectivity index (χ2n) is 9.07. The van der Waals surface area contributed by atoms with E-state index >= 15 is 0 Å². The van der Waals surface area contributed by atoms with E-state index in [1.807, 2.05) is 66.7 Å². The molecule has 0 aliphatic rings. The van der Waals surface area contributed by atoms with Crippen molar-refractivity contribution in [1.29, 1.82) is 0 Å². The fraction of sp³-hybridized carbons (Fsp3) is 0. The number of hydrogen-bond acceptors (Lipinski definition) is 4. The molecule has 0 saturated carbocycles. The van der Waals surface area contributed by atoms with Gasteiger partial charge in [0.15, 0.2) is 5.82 Å². The van der Waals surface area contributed by atoms with Crippen molar-refractivity contribution in [3.8, 4) is 45.0 Å². The maximum Gasteiger partial charge on any atom is 0.160 e. The van der Waals surface area contributed by atoms with E-state index in [0.29, 0.717) is 5.82 Å². The maximum absolute atomic E-state index is 6.35. The molecule has 0 saturated heterocycles. The molecule has 0 N–H and O–H groups in total. The Morgan fingerprint density at radius 3 is 2.16 bits per heavy atom. The summed E-state index contributed by atoms with van der Waals surface area (Å²) in [6.07, 6.45) is 3.61. The molecular formula is C33H20BrN3O. The lowest BCUT2D eigenvalue weighted by atomic mass is 10.0. The third kappa shape index (κ3) is 4.07. The van der Waals surface area contributed by atoms with Gasteiger partial charge in [-0.15, -0.1) is 0 Å². The van der Waals surface area contributed by atoms with Gasteiger partial charge in [-0.3, -0.25) is 4.98 Å². The summed E-state index contributed by atoms with van der Waals surface area (Å²) in [7, 11) is 0. The summed E-state index contributed by atoms with van der Waals surface area (Å²) in [5, 5.41) is 2.16. The highest BCUT2D eigenvalue weighted by Gasteiger charge is 2.16. The molecule has 5 heteroatoms. The number of halogens is 1. The number of furan rings is 1. The van der Waals surface area contributed by atoms with Gasteiger partial charge in [0, 0.05) is 44.3 Å². The minimum Gasteiger partial charge on any atom is -0.455 e. The Morgan fingerprint density at radius 1 is 0.553 bits per heavy atom. The van der Waals surface area contributed by atoms with Crippen LogP contribution in [0.2, 0.25) is 0 Å². The average Bonchev–Trinajstić information content (AvgIpc) is 3.36. The molecule has 0 spiro atoms. The Hall–Kier alpha value is -4.61. The third-order valence-corrected chi connectivity index (χ3v) is 7.10. The van der Waals surface area contributed by atoms with Crippen molar-refractivity contribution in [2.45, 2.75) is 0 Å². The van der Waals surface area contributed by atoms with E-state index in [1.165, 1.54) is 0 Å². The van der Waals surface area contributed by atoms with Crippen molar-refractivity contribution in [1.82, 2.24) is 15.0 Å². The number of pyridine rings is 1. The second kappa shape index (κ2) is 9.36. The normalized spacial score (nSPS) is 11.3. The molecule has 3 aromatic heterocycles. The van der Waals surface area contributed by atoms with Crippen LogP contribution in [0.25, 0.3) is 67.0 Å². The van der Waals surface area contributed by atoms with Crippen LogP contribution in [-0.4, -0.2) is 15.0 Å². The van der Waals surface area contributed by atoms with E-state index in [-0.39, 0.29) is 0 Å². The number of benzene rings is 4. The number of para-hydroxylation sites is 2. The minimum atomic E-state index is 0.664. The van der Waals surface area contributed by atoms with Crippen LogP contribution in [0.3, 0.4) is 0 Å². The molecule has 4 nitrogen and oxygen atoms in total. The van der Waals surface area contributed by atoms with E-state index < -0.39 is 0 Å². The lowest BCUT2D eigenvalue weighted by molar-refractivity contribution is 0.670. The molecule has 3 heterocycles. The predicted octanol–water partition coefficient (Wildman–Crippen LogP) is 9.20. The maximum atomic E-state index is 6.35. The summed E-state index contributed by atoms with van der Waals surface area (Å²) in [6, 6.07) is 36.8. The number of aromatic nitrogens is 3. The van der Waals surface area contributed by atoms with E-state index in [9.17, 15) is 0 Å². The van der Waals surface area contributed by atoms with Gasteiger partial charge in [0.2, 0.25) is 0 Å². The summed E-state index contributed by atoms with van der Waals surface area (Å²) in [5.74, 6) is 0.664. The van der Waals surface area contributed by atoms with Gasteiger partial charge < -0.3 is 4.42 Å². The lowest BCUT2D eigenvalue weighted by Gasteiger charge is -2.11. The standard InChI is InChI=1S/C33H20BrN3O/c34-25-18-23(21-13-15-35-16-14-21)17-24(19-25)29-20-30(37-33(36-29)22-7-2-1-3-8-22)28-11-6-10-27-26-9-4-5-12-31(26)38-32(27)28/h1-20H. The van der Waals surface area contributed by atoms with Crippen molar-refractivity contribution in [3.63, 3.8) is 0 Å². The van der Waals surface area contributed by atoms with Crippen LogP contribution < -0.4 is 0 Å². The SMILES string of the molecule is Brc1cc(-c2ccncc2)cc(-c2cc(-c3cccc4c3oc3ccccc34)nc(-c3ccccc3)n2)c1. The topological polar surface area (TPSA) is 51.8 Å². The average molecular weight is 554 g/mol. The molecule has 0 bridgehead atoms. The first-order valence-electron chi connectivity index (χ1n) is 12.3. The van der Waals surface area contributed by atoms with Gasteiger partial charge in [0.25, 0.3) is 0 Å². The predicted molar refractivity (Wildman–Crippen MR) is 157 cm³/mol. The van der Waals surface area contributed by atoms with Gasteiger partial charge in [-0.2, -0.15) is 0 Å². The highest BCUT2D eigenvalue weighted by atomic mass is 79.9. The summed E-state index contributed by atoms with van der Waals surface area (Å²) < 4.78 is 7.33. The lowest BCUT2D eigenvalue weighted by Crippen LogP contribution is -1.96. The first kappa shape index (κ1) is 22.6. The number of fused-ring (bicyclic) bond motifs is 3. The summed E-state index contributed by atoms with van der Waals surface area (Å²) in [5.41, 5.74) is 8.38. The van der Waals surface area contributed by atoms with Gasteiger partial charge in [0.1, 0.15) is 11.2 Å². The smallest absolute Gasteiger partial charge is 0.160 e. The number of nitrogens with zero attached hydrogens (tertiary/aromatic N) is 3. The highest BCUT2D eigenvalue weighted by molar-refractivity contribution is 9.10. The van der Waals surface area contributed by atoms with E-state index in [0.717, 1.165) is 65.6 Å². The monoisotopic (exact) mass is 553 g/mol. The molecule has 0 unspecified atom stereocenters. The van der Waals surface area contributed by atoms with Gasteiger partial charge in [-0.25, -0.2) is 9.97 Å². The molecule has 4 aromatic carbocycles. The zero-order valence-corrected chi connectivity index (χ0v) is 21.8. The van der Waals surface area contributed by atoms with Crippen molar-refractivity contribution in [2.24, 2.45) is 0 Å². The van der Waals surface area contributed by atoms with Crippen molar-refractivity contribution < 1.29 is 4.42 Å². The molecule has 7 rings (SSSR count). The Labute approximate surface area is 227 Å². The molecular weight excluding hydrogens is 534 g/mol. The fourth-order valence-corrected chi connectivity index (χ4v) is 5.34. The Morgan fingerprint density at radius 2 is 1.29 bits per heavy atom. The van der Waals surface area contributed by atoms with Gasteiger partial charge in [0.05, 0.1) is 11.4 Å². The Balaban J connectivity index is 1.47. The molecule has 0 aliphatic heterocycles. The van der Waals surface area contributed by atoms with Gasteiger partial charge in [-0.05, 0) is 59.7 Å².